The molecule has 1 aromatic carbocycles. The van der Waals surface area contributed by atoms with Gasteiger partial charge in [0, 0.05) is 6.54 Å². The quantitative estimate of drug-likeness (QED) is 0.827. The molecule has 0 aliphatic carbocycles. The van der Waals surface area contributed by atoms with Crippen molar-refractivity contribution in [3.8, 4) is 0 Å². The van der Waals surface area contributed by atoms with Gasteiger partial charge in [-0.25, -0.2) is 9.78 Å². The second kappa shape index (κ2) is 3.98. The number of nitrogens with zero attached hydrogens (tertiary/aromatic N) is 2. The first-order chi connectivity index (χ1) is 9.02. The van der Waals surface area contributed by atoms with Gasteiger partial charge in [-0.05, 0) is 38.3 Å². The van der Waals surface area contributed by atoms with Gasteiger partial charge in [-0.2, -0.15) is 0 Å². The molecule has 0 saturated carbocycles. The van der Waals surface area contributed by atoms with Gasteiger partial charge in [-0.3, -0.25) is 4.90 Å². The third-order valence-corrected chi connectivity index (χ3v) is 4.11. The van der Waals surface area contributed by atoms with Gasteiger partial charge in [0.1, 0.15) is 11.4 Å². The minimum absolute atomic E-state index is 0.544. The average Bonchev–Trinajstić information content (AvgIpc) is 2.94. The summed E-state index contributed by atoms with van der Waals surface area (Å²) in [5.74, 6) is 0.747. The zero-order valence-electron chi connectivity index (χ0n) is 11.1. The molecule has 0 bridgehead atoms. The minimum atomic E-state index is -0.878. The van der Waals surface area contributed by atoms with E-state index in [9.17, 15) is 9.90 Å². The zero-order valence-corrected chi connectivity index (χ0v) is 11.1. The maximum atomic E-state index is 11.4. The fourth-order valence-electron chi connectivity index (χ4n) is 2.95. The summed E-state index contributed by atoms with van der Waals surface area (Å²) in [5, 5.41) is 9.32. The fourth-order valence-corrected chi connectivity index (χ4v) is 2.95. The van der Waals surface area contributed by atoms with Gasteiger partial charge in [-0.1, -0.05) is 12.1 Å². The van der Waals surface area contributed by atoms with E-state index in [4.69, 9.17) is 0 Å². The van der Waals surface area contributed by atoms with Gasteiger partial charge in [0.05, 0.1) is 11.0 Å². The molecular formula is C14H17N3O2. The van der Waals surface area contributed by atoms with Gasteiger partial charge in [0.2, 0.25) is 0 Å². The van der Waals surface area contributed by atoms with Gasteiger partial charge in [0.25, 0.3) is 0 Å². The molecule has 1 aliphatic rings. The lowest BCUT2D eigenvalue weighted by Crippen LogP contribution is -2.42. The van der Waals surface area contributed by atoms with Crippen LogP contribution in [0.15, 0.2) is 18.2 Å². The molecule has 1 unspecified atom stereocenters. The van der Waals surface area contributed by atoms with Crippen LogP contribution in [0.5, 0.6) is 0 Å². The van der Waals surface area contributed by atoms with Crippen molar-refractivity contribution in [3.63, 3.8) is 0 Å². The lowest BCUT2D eigenvalue weighted by Gasteiger charge is -2.31. The molecule has 3 rings (SSSR count). The minimum Gasteiger partial charge on any atom is -0.465 e. The number of aromatic nitrogens is 2. The Balaban J connectivity index is 2.13. The summed E-state index contributed by atoms with van der Waals surface area (Å²) >= 11 is 0. The lowest BCUT2D eigenvalue weighted by atomic mass is 9.98. The Morgan fingerprint density at radius 1 is 1.53 bits per heavy atom. The first-order valence-electron chi connectivity index (χ1n) is 6.49. The molecule has 1 atom stereocenters. The van der Waals surface area contributed by atoms with Crippen LogP contribution in [-0.2, 0) is 5.54 Å². The van der Waals surface area contributed by atoms with E-state index in [1.165, 1.54) is 4.90 Å². The topological polar surface area (TPSA) is 69.2 Å². The molecule has 2 heterocycles. The average molecular weight is 259 g/mol. The number of H-pyrrole nitrogens is 1. The summed E-state index contributed by atoms with van der Waals surface area (Å²) in [6.07, 6.45) is 0.800. The van der Waals surface area contributed by atoms with E-state index in [1.807, 2.05) is 32.0 Å². The highest BCUT2D eigenvalue weighted by Crippen LogP contribution is 2.37. The van der Waals surface area contributed by atoms with Gasteiger partial charge in [-0.15, -0.1) is 0 Å². The van der Waals surface area contributed by atoms with Crippen molar-refractivity contribution in [2.75, 3.05) is 6.54 Å². The molecule has 1 saturated heterocycles. The molecule has 0 radical (unpaired) electrons. The largest absolute Gasteiger partial charge is 0.465 e. The third-order valence-electron chi connectivity index (χ3n) is 4.11. The Morgan fingerprint density at radius 2 is 2.32 bits per heavy atom. The standard InChI is InChI=1S/C14H17N3O2/c1-9-5-3-6-10-11(9)16-12(15-10)14(2)7-4-8-17(14)13(18)19/h3,5-6H,4,7-8H2,1-2H3,(H,15,16)(H,18,19). The number of likely N-dealkylation sites (tertiary alicyclic amines) is 1. The van der Waals surface area contributed by atoms with E-state index in [1.54, 1.807) is 0 Å². The summed E-state index contributed by atoms with van der Waals surface area (Å²) in [6.45, 7) is 4.54. The summed E-state index contributed by atoms with van der Waals surface area (Å²) in [4.78, 5) is 20.8. The number of aromatic amines is 1. The molecule has 2 aromatic rings. The van der Waals surface area contributed by atoms with Crippen molar-refractivity contribution in [2.45, 2.75) is 32.2 Å². The molecule has 5 heteroatoms. The number of rotatable bonds is 1. The molecule has 1 amide bonds. The normalized spacial score (nSPS) is 23.2. The Morgan fingerprint density at radius 3 is 3.00 bits per heavy atom. The summed E-state index contributed by atoms with van der Waals surface area (Å²) in [6, 6.07) is 5.94. The second-order valence-corrected chi connectivity index (χ2v) is 5.37. The van der Waals surface area contributed by atoms with E-state index < -0.39 is 11.6 Å². The number of carboxylic acid groups (broad SMARTS) is 1. The second-order valence-electron chi connectivity index (χ2n) is 5.37. The van der Waals surface area contributed by atoms with Crippen LogP contribution < -0.4 is 0 Å². The first kappa shape index (κ1) is 12.0. The fraction of sp³-hybridized carbons (Fsp3) is 0.429. The van der Waals surface area contributed by atoms with Gasteiger partial charge < -0.3 is 10.1 Å². The first-order valence-corrected chi connectivity index (χ1v) is 6.49. The van der Waals surface area contributed by atoms with E-state index in [0.29, 0.717) is 6.54 Å². The molecule has 1 aliphatic heterocycles. The smallest absolute Gasteiger partial charge is 0.408 e. The molecule has 5 nitrogen and oxygen atoms in total. The molecule has 1 aromatic heterocycles. The Bertz CT molecular complexity index is 649. The Labute approximate surface area is 111 Å². The lowest BCUT2D eigenvalue weighted by molar-refractivity contribution is 0.106. The number of benzene rings is 1. The number of aryl methyl sites for hydroxylation is 1. The number of amides is 1. The predicted molar refractivity (Wildman–Crippen MR) is 72.1 cm³/mol. The van der Waals surface area contributed by atoms with Crippen LogP contribution >= 0.6 is 0 Å². The number of fused-ring (bicyclic) bond motifs is 1. The Hall–Kier alpha value is -2.04. The highest BCUT2D eigenvalue weighted by Gasteiger charge is 2.43. The van der Waals surface area contributed by atoms with E-state index in [2.05, 4.69) is 9.97 Å². The number of para-hydroxylation sites is 1. The molecule has 2 N–H and O–H groups in total. The highest BCUT2D eigenvalue weighted by molar-refractivity contribution is 5.79. The van der Waals surface area contributed by atoms with Crippen LogP contribution in [0.25, 0.3) is 11.0 Å². The maximum Gasteiger partial charge on any atom is 0.408 e. The summed E-state index contributed by atoms with van der Waals surface area (Å²) in [7, 11) is 0. The van der Waals surface area contributed by atoms with Crippen molar-refractivity contribution < 1.29 is 9.90 Å². The van der Waals surface area contributed by atoms with Crippen molar-refractivity contribution in [1.29, 1.82) is 0 Å². The zero-order chi connectivity index (χ0) is 13.6. The van der Waals surface area contributed by atoms with Crippen molar-refractivity contribution >= 4 is 17.1 Å². The summed E-state index contributed by atoms with van der Waals surface area (Å²) < 4.78 is 0. The van der Waals surface area contributed by atoms with Crippen LogP contribution in [0, 0.1) is 6.92 Å². The van der Waals surface area contributed by atoms with E-state index in [0.717, 1.165) is 35.3 Å². The molecular weight excluding hydrogens is 242 g/mol. The summed E-state index contributed by atoms with van der Waals surface area (Å²) in [5.41, 5.74) is 2.47. The van der Waals surface area contributed by atoms with E-state index in [-0.39, 0.29) is 0 Å². The highest BCUT2D eigenvalue weighted by atomic mass is 16.4. The van der Waals surface area contributed by atoms with Crippen molar-refractivity contribution in [2.24, 2.45) is 0 Å². The maximum absolute atomic E-state index is 11.4. The van der Waals surface area contributed by atoms with Crippen LogP contribution in [0.4, 0.5) is 4.79 Å². The monoisotopic (exact) mass is 259 g/mol. The molecule has 0 spiro atoms. The predicted octanol–water partition coefficient (Wildman–Crippen LogP) is 2.86. The van der Waals surface area contributed by atoms with Crippen molar-refractivity contribution in [1.82, 2.24) is 14.9 Å². The van der Waals surface area contributed by atoms with Gasteiger partial charge >= 0.3 is 6.09 Å². The van der Waals surface area contributed by atoms with Crippen LogP contribution in [0.2, 0.25) is 0 Å². The molecule has 19 heavy (non-hydrogen) atoms. The number of nitrogens with one attached hydrogen (secondary N) is 1. The number of hydrogen-bond acceptors (Lipinski definition) is 2. The third kappa shape index (κ3) is 1.69. The van der Waals surface area contributed by atoms with Crippen molar-refractivity contribution in [3.05, 3.63) is 29.6 Å². The van der Waals surface area contributed by atoms with Crippen LogP contribution in [0.3, 0.4) is 0 Å². The van der Waals surface area contributed by atoms with E-state index >= 15 is 0 Å². The number of carbonyl (C=O) groups is 1. The van der Waals surface area contributed by atoms with Gasteiger partial charge in [0.15, 0.2) is 0 Å². The van der Waals surface area contributed by atoms with Crippen LogP contribution in [-0.4, -0.2) is 32.6 Å². The SMILES string of the molecule is Cc1cccc2nc(C3(C)CCCN3C(=O)O)[nH]c12. The number of hydrogen-bond donors (Lipinski definition) is 2. The van der Waals surface area contributed by atoms with Crippen LogP contribution in [0.1, 0.15) is 31.2 Å². The molecule has 100 valence electrons. The Kier molecular flexibility index (Phi) is 2.52. The number of imidazole rings is 1. The molecule has 1 fully saturated rings.